The Hall–Kier alpha value is -0.780. The van der Waals surface area contributed by atoms with Crippen molar-refractivity contribution in [3.8, 4) is 0 Å². The first kappa shape index (κ1) is 11.2. The summed E-state index contributed by atoms with van der Waals surface area (Å²) >= 11 is 0. The van der Waals surface area contributed by atoms with Gasteiger partial charge < -0.3 is 0 Å². The normalized spacial score (nSPS) is 14.3. The van der Waals surface area contributed by atoms with Crippen LogP contribution < -0.4 is 0 Å². The summed E-state index contributed by atoms with van der Waals surface area (Å²) < 4.78 is 0. The Morgan fingerprint density at radius 2 is 1.75 bits per heavy atom. The minimum Gasteiger partial charge on any atom is -0.0847 e. The SMILES string of the molecule is CC=C(C)C=CC(=CC)CCC. The molecule has 0 nitrogen and oxygen atoms in total. The molecule has 12 heavy (non-hydrogen) atoms. The summed E-state index contributed by atoms with van der Waals surface area (Å²) in [6.45, 7) is 8.49. The van der Waals surface area contributed by atoms with Crippen LogP contribution in [0.4, 0.5) is 0 Å². The first-order valence-electron chi connectivity index (χ1n) is 4.70. The smallest absolute Gasteiger partial charge is 0.0285 e. The van der Waals surface area contributed by atoms with E-state index in [1.165, 1.54) is 24.0 Å². The van der Waals surface area contributed by atoms with E-state index in [0.29, 0.717) is 0 Å². The summed E-state index contributed by atoms with van der Waals surface area (Å²) in [6.07, 6.45) is 11.1. The maximum Gasteiger partial charge on any atom is -0.0285 e. The fourth-order valence-electron chi connectivity index (χ4n) is 0.947. The minimum atomic E-state index is 1.18. The second-order valence-corrected chi connectivity index (χ2v) is 2.98. The number of hydrogen-bond acceptors (Lipinski definition) is 0. The highest BCUT2D eigenvalue weighted by Gasteiger charge is 1.87. The average molecular weight is 164 g/mol. The average Bonchev–Trinajstić information content (AvgIpc) is 2.11. The van der Waals surface area contributed by atoms with Gasteiger partial charge in [-0.3, -0.25) is 0 Å². The molecule has 0 amide bonds. The molecule has 0 bridgehead atoms. The van der Waals surface area contributed by atoms with Gasteiger partial charge in [0, 0.05) is 0 Å². The van der Waals surface area contributed by atoms with E-state index in [1.54, 1.807) is 0 Å². The standard InChI is InChI=1S/C12H20/c1-5-8-12(7-3)10-9-11(4)6-2/h6-7,9-10H,5,8H2,1-4H3. The highest BCUT2D eigenvalue weighted by atomic mass is 13.9. The van der Waals surface area contributed by atoms with E-state index < -0.39 is 0 Å². The van der Waals surface area contributed by atoms with Crippen molar-refractivity contribution < 1.29 is 0 Å². The molecule has 0 fully saturated rings. The molecule has 0 unspecified atom stereocenters. The van der Waals surface area contributed by atoms with Crippen molar-refractivity contribution in [2.24, 2.45) is 0 Å². The summed E-state index contributed by atoms with van der Waals surface area (Å²) in [6, 6.07) is 0. The van der Waals surface area contributed by atoms with Gasteiger partial charge in [-0.25, -0.2) is 0 Å². The fraction of sp³-hybridized carbons (Fsp3) is 0.500. The molecular weight excluding hydrogens is 144 g/mol. The first-order chi connectivity index (χ1) is 5.74. The molecule has 0 N–H and O–H groups in total. The predicted octanol–water partition coefficient (Wildman–Crippen LogP) is 4.26. The van der Waals surface area contributed by atoms with E-state index >= 15 is 0 Å². The van der Waals surface area contributed by atoms with Crippen molar-refractivity contribution in [2.45, 2.75) is 40.5 Å². The lowest BCUT2D eigenvalue weighted by atomic mass is 10.1. The molecule has 0 aliphatic rings. The van der Waals surface area contributed by atoms with Gasteiger partial charge in [0.1, 0.15) is 0 Å². The first-order valence-corrected chi connectivity index (χ1v) is 4.70. The predicted molar refractivity (Wildman–Crippen MR) is 57.2 cm³/mol. The highest BCUT2D eigenvalue weighted by molar-refractivity contribution is 5.25. The molecule has 0 aliphatic heterocycles. The van der Waals surface area contributed by atoms with Gasteiger partial charge in [-0.1, -0.05) is 48.8 Å². The van der Waals surface area contributed by atoms with Crippen LogP contribution in [0.5, 0.6) is 0 Å². The van der Waals surface area contributed by atoms with Crippen LogP contribution in [0.15, 0.2) is 35.5 Å². The second-order valence-electron chi connectivity index (χ2n) is 2.98. The zero-order chi connectivity index (χ0) is 9.40. The Kier molecular flexibility index (Phi) is 6.45. The van der Waals surface area contributed by atoms with Gasteiger partial charge in [0.15, 0.2) is 0 Å². The quantitative estimate of drug-likeness (QED) is 0.545. The van der Waals surface area contributed by atoms with Crippen molar-refractivity contribution in [2.75, 3.05) is 0 Å². The molecule has 0 aromatic carbocycles. The van der Waals surface area contributed by atoms with Crippen LogP contribution >= 0.6 is 0 Å². The van der Waals surface area contributed by atoms with Gasteiger partial charge in [0.2, 0.25) is 0 Å². The Balaban J connectivity index is 4.12. The van der Waals surface area contributed by atoms with Crippen LogP contribution in [-0.2, 0) is 0 Å². The summed E-state index contributed by atoms with van der Waals surface area (Å²) in [5.74, 6) is 0. The molecule has 0 saturated carbocycles. The number of allylic oxidation sites excluding steroid dienone is 6. The monoisotopic (exact) mass is 164 g/mol. The lowest BCUT2D eigenvalue weighted by Crippen LogP contribution is -1.76. The number of hydrogen-bond donors (Lipinski definition) is 0. The maximum absolute atomic E-state index is 2.21. The van der Waals surface area contributed by atoms with Crippen molar-refractivity contribution in [3.05, 3.63) is 35.5 Å². The van der Waals surface area contributed by atoms with E-state index in [2.05, 4.69) is 52.0 Å². The molecule has 68 valence electrons. The Labute approximate surface area is 76.7 Å². The van der Waals surface area contributed by atoms with E-state index in [1.807, 2.05) is 0 Å². The maximum atomic E-state index is 2.21. The summed E-state index contributed by atoms with van der Waals surface area (Å²) in [7, 11) is 0. The van der Waals surface area contributed by atoms with E-state index in [-0.39, 0.29) is 0 Å². The molecule has 0 aromatic heterocycles. The van der Waals surface area contributed by atoms with Crippen molar-refractivity contribution in [1.82, 2.24) is 0 Å². The molecule has 0 heterocycles. The highest BCUT2D eigenvalue weighted by Crippen LogP contribution is 2.07. The Bertz CT molecular complexity index is 192. The molecule has 0 atom stereocenters. The van der Waals surface area contributed by atoms with E-state index in [4.69, 9.17) is 0 Å². The van der Waals surface area contributed by atoms with Crippen LogP contribution in [0.25, 0.3) is 0 Å². The van der Waals surface area contributed by atoms with Crippen LogP contribution in [0.1, 0.15) is 40.5 Å². The van der Waals surface area contributed by atoms with Gasteiger partial charge in [-0.15, -0.1) is 0 Å². The lowest BCUT2D eigenvalue weighted by Gasteiger charge is -1.97. The molecule has 0 aromatic rings. The van der Waals surface area contributed by atoms with Crippen molar-refractivity contribution in [3.63, 3.8) is 0 Å². The summed E-state index contributed by atoms with van der Waals surface area (Å²) in [5, 5.41) is 0. The molecule has 0 rings (SSSR count). The van der Waals surface area contributed by atoms with Crippen molar-refractivity contribution in [1.29, 1.82) is 0 Å². The minimum absolute atomic E-state index is 1.18. The van der Waals surface area contributed by atoms with Gasteiger partial charge in [-0.2, -0.15) is 0 Å². The molecule has 0 aliphatic carbocycles. The summed E-state index contributed by atoms with van der Waals surface area (Å²) in [4.78, 5) is 0. The van der Waals surface area contributed by atoms with Crippen LogP contribution in [-0.4, -0.2) is 0 Å². The fourth-order valence-corrected chi connectivity index (χ4v) is 0.947. The third kappa shape index (κ3) is 4.95. The Morgan fingerprint density at radius 1 is 1.08 bits per heavy atom. The van der Waals surface area contributed by atoms with Gasteiger partial charge in [0.25, 0.3) is 0 Å². The molecule has 0 saturated heterocycles. The third-order valence-electron chi connectivity index (χ3n) is 1.93. The third-order valence-corrected chi connectivity index (χ3v) is 1.93. The summed E-state index contributed by atoms with van der Waals surface area (Å²) in [5.41, 5.74) is 2.75. The zero-order valence-corrected chi connectivity index (χ0v) is 8.72. The van der Waals surface area contributed by atoms with Gasteiger partial charge in [0.05, 0.1) is 0 Å². The number of rotatable bonds is 4. The molecule has 0 spiro atoms. The van der Waals surface area contributed by atoms with E-state index in [9.17, 15) is 0 Å². The largest absolute Gasteiger partial charge is 0.0847 e. The van der Waals surface area contributed by atoms with Gasteiger partial charge in [-0.05, 0) is 27.2 Å². The Morgan fingerprint density at radius 3 is 2.17 bits per heavy atom. The van der Waals surface area contributed by atoms with Gasteiger partial charge >= 0.3 is 0 Å². The lowest BCUT2D eigenvalue weighted by molar-refractivity contribution is 0.924. The van der Waals surface area contributed by atoms with Crippen molar-refractivity contribution >= 4 is 0 Å². The van der Waals surface area contributed by atoms with E-state index in [0.717, 1.165) is 0 Å². The zero-order valence-electron chi connectivity index (χ0n) is 8.72. The second kappa shape index (κ2) is 6.90. The molecule has 0 radical (unpaired) electrons. The molecular formula is C12H20. The molecule has 0 heteroatoms. The van der Waals surface area contributed by atoms with Crippen LogP contribution in [0.3, 0.4) is 0 Å². The van der Waals surface area contributed by atoms with Crippen LogP contribution in [0, 0.1) is 0 Å². The van der Waals surface area contributed by atoms with Crippen LogP contribution in [0.2, 0.25) is 0 Å². The topological polar surface area (TPSA) is 0 Å².